The molecule has 1 heterocycles. The Morgan fingerprint density at radius 3 is 2.84 bits per heavy atom. The molecule has 0 aliphatic carbocycles. The van der Waals surface area contributed by atoms with Crippen molar-refractivity contribution in [2.45, 2.75) is 44.7 Å². The van der Waals surface area contributed by atoms with Gasteiger partial charge in [0.2, 0.25) is 5.91 Å². The third kappa shape index (κ3) is 3.55. The number of rotatable bonds is 5. The van der Waals surface area contributed by atoms with Crippen LogP contribution in [0.25, 0.3) is 0 Å². The Bertz CT molecular complexity index is 457. The molecule has 0 radical (unpaired) electrons. The maximum absolute atomic E-state index is 11.3. The lowest BCUT2D eigenvalue weighted by molar-refractivity contribution is -0.116. The van der Waals surface area contributed by atoms with Crippen LogP contribution in [0.15, 0.2) is 18.2 Å². The molecule has 4 N–H and O–H groups in total. The maximum Gasteiger partial charge on any atom is 0.224 e. The van der Waals surface area contributed by atoms with Crippen molar-refractivity contribution in [3.8, 4) is 0 Å². The third-order valence-corrected chi connectivity index (χ3v) is 3.69. The van der Waals surface area contributed by atoms with Crippen molar-refractivity contribution < 1.29 is 4.79 Å². The third-order valence-electron chi connectivity index (χ3n) is 3.69. The molecule has 0 fully saturated rings. The molecule has 0 spiro atoms. The largest absolute Gasteiger partial charge is 0.328 e. The van der Waals surface area contributed by atoms with Gasteiger partial charge in [0.05, 0.1) is 0 Å². The van der Waals surface area contributed by atoms with E-state index in [0.717, 1.165) is 24.9 Å². The van der Waals surface area contributed by atoms with Gasteiger partial charge in [-0.2, -0.15) is 0 Å². The predicted octanol–water partition coefficient (Wildman–Crippen LogP) is 1.96. The molecule has 1 aromatic rings. The molecule has 19 heavy (non-hydrogen) atoms. The zero-order valence-corrected chi connectivity index (χ0v) is 11.7. The zero-order chi connectivity index (χ0) is 13.8. The molecule has 2 rings (SSSR count). The molecule has 4 heteroatoms. The SMILES string of the molecule is CNC(CCC(C)N)c1ccc2c(c1)CCC(=O)N2. The van der Waals surface area contributed by atoms with E-state index in [9.17, 15) is 4.79 Å². The molecule has 1 aromatic carbocycles. The normalized spacial score (nSPS) is 17.5. The lowest BCUT2D eigenvalue weighted by Gasteiger charge is -2.22. The van der Waals surface area contributed by atoms with E-state index in [1.165, 1.54) is 11.1 Å². The van der Waals surface area contributed by atoms with Gasteiger partial charge in [-0.25, -0.2) is 0 Å². The van der Waals surface area contributed by atoms with Gasteiger partial charge in [-0.1, -0.05) is 12.1 Å². The van der Waals surface area contributed by atoms with Gasteiger partial charge in [-0.05, 0) is 50.4 Å². The van der Waals surface area contributed by atoms with Crippen LogP contribution in [0.1, 0.15) is 43.4 Å². The number of hydrogen-bond acceptors (Lipinski definition) is 3. The first kappa shape index (κ1) is 14.0. The first-order valence-electron chi connectivity index (χ1n) is 6.95. The highest BCUT2D eigenvalue weighted by molar-refractivity contribution is 5.93. The molecule has 1 aliphatic rings. The van der Waals surface area contributed by atoms with Gasteiger partial charge in [0, 0.05) is 24.2 Å². The van der Waals surface area contributed by atoms with Gasteiger partial charge >= 0.3 is 0 Å². The van der Waals surface area contributed by atoms with Crippen LogP contribution >= 0.6 is 0 Å². The zero-order valence-electron chi connectivity index (χ0n) is 11.7. The van der Waals surface area contributed by atoms with E-state index in [1.54, 1.807) is 0 Å². The van der Waals surface area contributed by atoms with Crippen LogP contribution in [0.4, 0.5) is 5.69 Å². The number of hydrogen-bond donors (Lipinski definition) is 3. The highest BCUT2D eigenvalue weighted by atomic mass is 16.1. The van der Waals surface area contributed by atoms with Gasteiger partial charge in [0.15, 0.2) is 0 Å². The molecule has 2 atom stereocenters. The van der Waals surface area contributed by atoms with Crippen molar-refractivity contribution in [2.75, 3.05) is 12.4 Å². The molecule has 0 saturated heterocycles. The lowest BCUT2D eigenvalue weighted by Crippen LogP contribution is -2.23. The summed E-state index contributed by atoms with van der Waals surface area (Å²) >= 11 is 0. The smallest absolute Gasteiger partial charge is 0.224 e. The van der Waals surface area contributed by atoms with Crippen molar-refractivity contribution in [1.82, 2.24) is 5.32 Å². The summed E-state index contributed by atoms with van der Waals surface area (Å²) in [5, 5.41) is 6.26. The van der Waals surface area contributed by atoms with Crippen LogP contribution in [-0.4, -0.2) is 19.0 Å². The number of amides is 1. The second-order valence-electron chi connectivity index (χ2n) is 5.36. The molecule has 104 valence electrons. The number of nitrogens with one attached hydrogen (secondary N) is 2. The fraction of sp³-hybridized carbons (Fsp3) is 0.533. The Morgan fingerprint density at radius 2 is 2.16 bits per heavy atom. The molecule has 1 aliphatic heterocycles. The fourth-order valence-electron chi connectivity index (χ4n) is 2.53. The summed E-state index contributed by atoms with van der Waals surface area (Å²) in [6.07, 6.45) is 3.44. The van der Waals surface area contributed by atoms with E-state index in [2.05, 4.69) is 22.8 Å². The summed E-state index contributed by atoms with van der Waals surface area (Å²) in [7, 11) is 1.98. The molecular formula is C15H23N3O. The van der Waals surface area contributed by atoms with E-state index >= 15 is 0 Å². The quantitative estimate of drug-likeness (QED) is 0.759. The van der Waals surface area contributed by atoms with Crippen LogP contribution < -0.4 is 16.4 Å². The highest BCUT2D eigenvalue weighted by Gasteiger charge is 2.17. The first-order chi connectivity index (χ1) is 9.10. The average molecular weight is 261 g/mol. The average Bonchev–Trinajstić information content (AvgIpc) is 2.39. The summed E-state index contributed by atoms with van der Waals surface area (Å²) < 4.78 is 0. The number of carbonyl (C=O) groups is 1. The second kappa shape index (κ2) is 6.17. The molecule has 4 nitrogen and oxygen atoms in total. The summed E-state index contributed by atoms with van der Waals surface area (Å²) in [6, 6.07) is 6.86. The van der Waals surface area contributed by atoms with Crippen LogP contribution in [0, 0.1) is 0 Å². The number of benzene rings is 1. The van der Waals surface area contributed by atoms with Crippen LogP contribution in [0.3, 0.4) is 0 Å². The van der Waals surface area contributed by atoms with Crippen molar-refractivity contribution >= 4 is 11.6 Å². The Labute approximate surface area is 114 Å². The summed E-state index contributed by atoms with van der Waals surface area (Å²) in [6.45, 7) is 2.04. The Hall–Kier alpha value is -1.39. The Kier molecular flexibility index (Phi) is 4.56. The molecule has 1 amide bonds. The summed E-state index contributed by atoms with van der Waals surface area (Å²) in [5.74, 6) is 0.113. The van der Waals surface area contributed by atoms with Gasteiger partial charge in [0.25, 0.3) is 0 Å². The van der Waals surface area contributed by atoms with Crippen LogP contribution in [0.2, 0.25) is 0 Å². The van der Waals surface area contributed by atoms with Gasteiger partial charge < -0.3 is 16.4 Å². The standard InChI is InChI=1S/C15H23N3O/c1-10(16)3-6-13(17-2)11-4-7-14-12(9-11)5-8-15(19)18-14/h4,7,9-10,13,17H,3,5-6,8,16H2,1-2H3,(H,18,19). The number of fused-ring (bicyclic) bond motifs is 1. The van der Waals surface area contributed by atoms with E-state index in [4.69, 9.17) is 5.73 Å². The minimum absolute atomic E-state index is 0.113. The lowest BCUT2D eigenvalue weighted by atomic mass is 9.94. The fourth-order valence-corrected chi connectivity index (χ4v) is 2.53. The number of anilines is 1. The summed E-state index contributed by atoms with van der Waals surface area (Å²) in [5.41, 5.74) is 9.29. The van der Waals surface area contributed by atoms with Gasteiger partial charge in [-0.3, -0.25) is 4.79 Å². The first-order valence-corrected chi connectivity index (χ1v) is 6.95. The van der Waals surface area contributed by atoms with Crippen LogP contribution in [-0.2, 0) is 11.2 Å². The highest BCUT2D eigenvalue weighted by Crippen LogP contribution is 2.27. The second-order valence-corrected chi connectivity index (χ2v) is 5.36. The van der Waals surface area contributed by atoms with Crippen molar-refractivity contribution in [1.29, 1.82) is 0 Å². The molecule has 0 saturated carbocycles. The van der Waals surface area contributed by atoms with E-state index in [1.807, 2.05) is 20.0 Å². The number of carbonyl (C=O) groups excluding carboxylic acids is 1. The van der Waals surface area contributed by atoms with Crippen molar-refractivity contribution in [2.24, 2.45) is 5.73 Å². The van der Waals surface area contributed by atoms with Crippen LogP contribution in [0.5, 0.6) is 0 Å². The molecule has 2 unspecified atom stereocenters. The summed E-state index contributed by atoms with van der Waals surface area (Å²) in [4.78, 5) is 11.3. The molecule has 0 bridgehead atoms. The predicted molar refractivity (Wildman–Crippen MR) is 78.1 cm³/mol. The molecule has 0 aromatic heterocycles. The Balaban J connectivity index is 2.13. The van der Waals surface area contributed by atoms with E-state index in [-0.39, 0.29) is 11.9 Å². The monoisotopic (exact) mass is 261 g/mol. The topological polar surface area (TPSA) is 67.1 Å². The van der Waals surface area contributed by atoms with Crippen molar-refractivity contribution in [3.63, 3.8) is 0 Å². The minimum atomic E-state index is 0.113. The van der Waals surface area contributed by atoms with E-state index < -0.39 is 0 Å². The van der Waals surface area contributed by atoms with Crippen molar-refractivity contribution in [3.05, 3.63) is 29.3 Å². The van der Waals surface area contributed by atoms with Gasteiger partial charge in [-0.15, -0.1) is 0 Å². The minimum Gasteiger partial charge on any atom is -0.328 e. The number of nitrogens with two attached hydrogens (primary N) is 1. The number of aryl methyl sites for hydroxylation is 1. The maximum atomic E-state index is 11.3. The molecular weight excluding hydrogens is 238 g/mol. The van der Waals surface area contributed by atoms with E-state index in [0.29, 0.717) is 12.5 Å². The van der Waals surface area contributed by atoms with Gasteiger partial charge in [0.1, 0.15) is 0 Å². The Morgan fingerprint density at radius 1 is 1.37 bits per heavy atom.